The Bertz CT molecular complexity index is 383. The molecule has 1 aromatic rings. The number of hydrogen-bond donors (Lipinski definition) is 1. The van der Waals surface area contributed by atoms with Crippen LogP contribution in [-0.2, 0) is 12.7 Å². The van der Waals surface area contributed by atoms with Crippen molar-refractivity contribution in [2.45, 2.75) is 31.6 Å². The van der Waals surface area contributed by atoms with Crippen LogP contribution in [0.2, 0.25) is 0 Å². The van der Waals surface area contributed by atoms with Crippen LogP contribution in [0.5, 0.6) is 0 Å². The Kier molecular flexibility index (Phi) is 5.39. The first-order valence-electron chi connectivity index (χ1n) is 5.46. The molecule has 8 heteroatoms. The third-order valence-corrected chi connectivity index (χ3v) is 3.95. The second-order valence-electron chi connectivity index (χ2n) is 4.13. The van der Waals surface area contributed by atoms with E-state index in [1.807, 2.05) is 0 Å². The fourth-order valence-electron chi connectivity index (χ4n) is 2.08. The van der Waals surface area contributed by atoms with Crippen LogP contribution in [0.25, 0.3) is 0 Å². The van der Waals surface area contributed by atoms with E-state index in [9.17, 15) is 13.2 Å². The molecule has 0 aliphatic carbocycles. The molecular weight excluding hydrogens is 287 g/mol. The smallest absolute Gasteiger partial charge is 0.329 e. The molecule has 104 valence electrons. The van der Waals surface area contributed by atoms with E-state index in [0.29, 0.717) is 24.0 Å². The highest BCUT2D eigenvalue weighted by atomic mass is 35.5. The molecule has 2 N–H and O–H groups in total. The molecule has 0 aromatic carbocycles. The SMILES string of the molecule is Cl.NCC1CCCN1Cc1cnc(C(F)(F)F)s1. The molecule has 0 spiro atoms. The lowest BCUT2D eigenvalue weighted by Crippen LogP contribution is -2.34. The predicted molar refractivity (Wildman–Crippen MR) is 66.9 cm³/mol. The average Bonchev–Trinajstić information content (AvgIpc) is 2.86. The first-order chi connectivity index (χ1) is 8.00. The van der Waals surface area contributed by atoms with Crippen molar-refractivity contribution in [1.82, 2.24) is 9.88 Å². The van der Waals surface area contributed by atoms with Gasteiger partial charge in [0, 0.05) is 30.2 Å². The summed E-state index contributed by atoms with van der Waals surface area (Å²) in [6.45, 7) is 1.99. The Balaban J connectivity index is 0.00000162. The third kappa shape index (κ3) is 3.57. The van der Waals surface area contributed by atoms with Crippen molar-refractivity contribution in [3.63, 3.8) is 0 Å². The average molecular weight is 302 g/mol. The summed E-state index contributed by atoms with van der Waals surface area (Å²) in [4.78, 5) is 6.20. The molecule has 1 aliphatic heterocycles. The van der Waals surface area contributed by atoms with Crippen molar-refractivity contribution in [3.05, 3.63) is 16.1 Å². The minimum Gasteiger partial charge on any atom is -0.329 e. The van der Waals surface area contributed by atoms with Crippen molar-refractivity contribution in [3.8, 4) is 0 Å². The van der Waals surface area contributed by atoms with Crippen molar-refractivity contribution in [2.24, 2.45) is 5.73 Å². The van der Waals surface area contributed by atoms with Gasteiger partial charge >= 0.3 is 6.18 Å². The molecule has 0 radical (unpaired) electrons. The predicted octanol–water partition coefficient (Wildman–Crippen LogP) is 2.51. The van der Waals surface area contributed by atoms with Gasteiger partial charge in [-0.2, -0.15) is 13.2 Å². The summed E-state index contributed by atoms with van der Waals surface area (Å²) in [6.07, 6.45) is -0.922. The molecular formula is C10H15ClF3N3S. The molecule has 2 heterocycles. The van der Waals surface area contributed by atoms with E-state index in [1.54, 1.807) is 0 Å². The molecule has 0 bridgehead atoms. The van der Waals surface area contributed by atoms with Gasteiger partial charge in [-0.25, -0.2) is 4.98 Å². The van der Waals surface area contributed by atoms with Gasteiger partial charge in [0.25, 0.3) is 0 Å². The normalized spacial score (nSPS) is 21.0. The van der Waals surface area contributed by atoms with Gasteiger partial charge in [0.15, 0.2) is 5.01 Å². The number of halogens is 4. The van der Waals surface area contributed by atoms with Gasteiger partial charge in [-0.1, -0.05) is 0 Å². The van der Waals surface area contributed by atoms with Crippen molar-refractivity contribution in [2.75, 3.05) is 13.1 Å². The second kappa shape index (κ2) is 6.18. The largest absolute Gasteiger partial charge is 0.443 e. The number of aromatic nitrogens is 1. The van der Waals surface area contributed by atoms with E-state index in [-0.39, 0.29) is 12.4 Å². The van der Waals surface area contributed by atoms with E-state index < -0.39 is 11.2 Å². The molecule has 2 rings (SSSR count). The van der Waals surface area contributed by atoms with Gasteiger partial charge in [0.1, 0.15) is 0 Å². The van der Waals surface area contributed by atoms with Crippen LogP contribution in [0.4, 0.5) is 13.2 Å². The summed E-state index contributed by atoms with van der Waals surface area (Å²) >= 11 is 0.721. The maximum Gasteiger partial charge on any atom is 0.443 e. The zero-order valence-corrected chi connectivity index (χ0v) is 11.2. The summed E-state index contributed by atoms with van der Waals surface area (Å²) < 4.78 is 37.1. The molecule has 1 atom stereocenters. The van der Waals surface area contributed by atoms with Crippen LogP contribution in [-0.4, -0.2) is 29.0 Å². The lowest BCUT2D eigenvalue weighted by molar-refractivity contribution is -0.137. The highest BCUT2D eigenvalue weighted by Gasteiger charge is 2.35. The van der Waals surface area contributed by atoms with Crippen LogP contribution in [0.15, 0.2) is 6.20 Å². The number of nitrogens with two attached hydrogens (primary N) is 1. The van der Waals surface area contributed by atoms with Crippen molar-refractivity contribution in [1.29, 1.82) is 0 Å². The number of alkyl halides is 3. The molecule has 18 heavy (non-hydrogen) atoms. The van der Waals surface area contributed by atoms with Gasteiger partial charge in [-0.3, -0.25) is 4.90 Å². The minimum absolute atomic E-state index is 0. The van der Waals surface area contributed by atoms with E-state index in [2.05, 4.69) is 9.88 Å². The standard InChI is InChI=1S/C10H14F3N3S.ClH/c11-10(12,13)9-15-5-8(17-9)6-16-3-1-2-7(16)4-14;/h5,7H,1-4,6,14H2;1H. The zero-order valence-electron chi connectivity index (χ0n) is 9.61. The maximum atomic E-state index is 12.4. The lowest BCUT2D eigenvalue weighted by atomic mass is 10.2. The van der Waals surface area contributed by atoms with E-state index >= 15 is 0 Å². The Hall–Kier alpha value is -0.370. The van der Waals surface area contributed by atoms with Gasteiger partial charge < -0.3 is 5.73 Å². The molecule has 1 saturated heterocycles. The van der Waals surface area contributed by atoms with Gasteiger partial charge in [-0.05, 0) is 19.4 Å². The molecule has 1 aromatic heterocycles. The van der Waals surface area contributed by atoms with Gasteiger partial charge in [0.2, 0.25) is 0 Å². The highest BCUT2D eigenvalue weighted by molar-refractivity contribution is 7.11. The van der Waals surface area contributed by atoms with E-state index in [0.717, 1.165) is 30.7 Å². The first kappa shape index (κ1) is 15.7. The molecule has 1 unspecified atom stereocenters. The summed E-state index contributed by atoms with van der Waals surface area (Å²) in [5, 5.41) is -0.768. The van der Waals surface area contributed by atoms with Crippen LogP contribution >= 0.6 is 23.7 Å². The van der Waals surface area contributed by atoms with E-state index in [4.69, 9.17) is 5.73 Å². The summed E-state index contributed by atoms with van der Waals surface area (Å²) in [7, 11) is 0. The maximum absolute atomic E-state index is 12.4. The Morgan fingerprint density at radius 1 is 1.50 bits per heavy atom. The van der Waals surface area contributed by atoms with E-state index in [1.165, 1.54) is 6.20 Å². The monoisotopic (exact) mass is 301 g/mol. The highest BCUT2D eigenvalue weighted by Crippen LogP contribution is 2.33. The Morgan fingerprint density at radius 2 is 2.22 bits per heavy atom. The van der Waals surface area contributed by atoms with Crippen molar-refractivity contribution < 1.29 is 13.2 Å². The van der Waals surface area contributed by atoms with Gasteiger partial charge in [0.05, 0.1) is 0 Å². The van der Waals surface area contributed by atoms with Gasteiger partial charge in [-0.15, -0.1) is 23.7 Å². The van der Waals surface area contributed by atoms with Crippen LogP contribution in [0, 0.1) is 0 Å². The minimum atomic E-state index is -4.33. The number of nitrogens with zero attached hydrogens (tertiary/aromatic N) is 2. The molecule has 0 saturated carbocycles. The number of likely N-dealkylation sites (tertiary alicyclic amines) is 1. The summed E-state index contributed by atoms with van der Waals surface area (Å²) in [5.41, 5.74) is 5.62. The van der Waals surface area contributed by atoms with Crippen LogP contribution < -0.4 is 5.73 Å². The second-order valence-corrected chi connectivity index (χ2v) is 5.25. The Morgan fingerprint density at radius 3 is 2.78 bits per heavy atom. The third-order valence-electron chi connectivity index (χ3n) is 2.93. The fourth-order valence-corrected chi connectivity index (χ4v) is 2.89. The zero-order chi connectivity index (χ0) is 12.5. The molecule has 1 aliphatic rings. The number of rotatable bonds is 3. The Labute approximate surface area is 114 Å². The molecule has 0 amide bonds. The summed E-state index contributed by atoms with van der Waals surface area (Å²) in [5.74, 6) is 0. The van der Waals surface area contributed by atoms with Crippen molar-refractivity contribution >= 4 is 23.7 Å². The fraction of sp³-hybridized carbons (Fsp3) is 0.700. The molecule has 3 nitrogen and oxygen atoms in total. The quantitative estimate of drug-likeness (QED) is 0.933. The van der Waals surface area contributed by atoms with Crippen LogP contribution in [0.3, 0.4) is 0 Å². The topological polar surface area (TPSA) is 42.1 Å². The number of thiazole rings is 1. The summed E-state index contributed by atoms with van der Waals surface area (Å²) in [6, 6.07) is 0.298. The number of hydrogen-bond acceptors (Lipinski definition) is 4. The van der Waals surface area contributed by atoms with Crippen LogP contribution in [0.1, 0.15) is 22.7 Å². The molecule has 1 fully saturated rings. The lowest BCUT2D eigenvalue weighted by Gasteiger charge is -2.21. The first-order valence-corrected chi connectivity index (χ1v) is 6.28.